The molecule has 98 valence electrons. The first-order valence-electron chi connectivity index (χ1n) is 6.93. The Hall–Kier alpha value is -0.610. The van der Waals surface area contributed by atoms with Crippen LogP contribution in [-0.2, 0) is 4.79 Å². The molecular formula is C13H25N3O. The fourth-order valence-electron chi connectivity index (χ4n) is 3.30. The molecule has 1 heterocycles. The molecule has 4 nitrogen and oxygen atoms in total. The molecule has 1 saturated heterocycles. The van der Waals surface area contributed by atoms with Gasteiger partial charge in [-0.05, 0) is 12.8 Å². The molecule has 4 heteroatoms. The monoisotopic (exact) mass is 239 g/mol. The van der Waals surface area contributed by atoms with E-state index in [2.05, 4.69) is 15.5 Å². The SMILES string of the molecule is CC(=O)NCCN1CCNCC12CCCCC2. The summed E-state index contributed by atoms with van der Waals surface area (Å²) in [5, 5.41) is 6.46. The van der Waals surface area contributed by atoms with Crippen LogP contribution in [0.5, 0.6) is 0 Å². The molecule has 2 rings (SSSR count). The minimum Gasteiger partial charge on any atom is -0.355 e. The highest BCUT2D eigenvalue weighted by molar-refractivity contribution is 5.72. The van der Waals surface area contributed by atoms with Crippen LogP contribution in [0.4, 0.5) is 0 Å². The average molecular weight is 239 g/mol. The van der Waals surface area contributed by atoms with E-state index in [0.717, 1.165) is 32.7 Å². The van der Waals surface area contributed by atoms with Gasteiger partial charge < -0.3 is 10.6 Å². The average Bonchev–Trinajstić information content (AvgIpc) is 2.32. The zero-order valence-electron chi connectivity index (χ0n) is 10.9. The maximum absolute atomic E-state index is 10.9. The van der Waals surface area contributed by atoms with Gasteiger partial charge in [0, 0.05) is 45.2 Å². The third-order valence-corrected chi connectivity index (χ3v) is 4.22. The standard InChI is InChI=1S/C13H25N3O/c1-12(17)15-8-10-16-9-7-14-11-13(16)5-3-2-4-6-13/h14H,2-11H2,1H3,(H,15,17). The minimum atomic E-state index is 0.0813. The highest BCUT2D eigenvalue weighted by Gasteiger charge is 2.39. The number of carbonyl (C=O) groups excluding carboxylic acids is 1. The van der Waals surface area contributed by atoms with Gasteiger partial charge in [0.15, 0.2) is 0 Å². The maximum atomic E-state index is 10.9. The summed E-state index contributed by atoms with van der Waals surface area (Å²) in [6.45, 7) is 6.72. The van der Waals surface area contributed by atoms with Crippen LogP contribution in [0.1, 0.15) is 39.0 Å². The van der Waals surface area contributed by atoms with Gasteiger partial charge >= 0.3 is 0 Å². The summed E-state index contributed by atoms with van der Waals surface area (Å²) in [7, 11) is 0. The fourth-order valence-corrected chi connectivity index (χ4v) is 3.30. The third-order valence-electron chi connectivity index (χ3n) is 4.22. The lowest BCUT2D eigenvalue weighted by atomic mass is 9.79. The molecule has 0 aromatic heterocycles. The summed E-state index contributed by atoms with van der Waals surface area (Å²) in [5.41, 5.74) is 0.384. The van der Waals surface area contributed by atoms with Gasteiger partial charge in [-0.1, -0.05) is 19.3 Å². The topological polar surface area (TPSA) is 44.4 Å². The predicted molar refractivity (Wildman–Crippen MR) is 68.9 cm³/mol. The number of rotatable bonds is 3. The summed E-state index contributed by atoms with van der Waals surface area (Å²) in [6.07, 6.45) is 6.75. The van der Waals surface area contributed by atoms with Gasteiger partial charge in [-0.2, -0.15) is 0 Å². The van der Waals surface area contributed by atoms with Crippen LogP contribution in [-0.4, -0.2) is 49.1 Å². The Morgan fingerprint density at radius 1 is 1.35 bits per heavy atom. The molecule has 2 aliphatic rings. The molecule has 2 N–H and O–H groups in total. The summed E-state index contributed by atoms with van der Waals surface area (Å²) >= 11 is 0. The highest BCUT2D eigenvalue weighted by Crippen LogP contribution is 2.34. The van der Waals surface area contributed by atoms with Gasteiger partial charge in [0.1, 0.15) is 0 Å². The van der Waals surface area contributed by atoms with Crippen molar-refractivity contribution in [1.29, 1.82) is 0 Å². The first-order valence-corrected chi connectivity index (χ1v) is 6.93. The molecule has 1 aliphatic heterocycles. The van der Waals surface area contributed by atoms with Crippen LogP contribution >= 0.6 is 0 Å². The predicted octanol–water partition coefficient (Wildman–Crippen LogP) is 0.731. The van der Waals surface area contributed by atoms with Crippen LogP contribution < -0.4 is 10.6 Å². The van der Waals surface area contributed by atoms with Crippen molar-refractivity contribution >= 4 is 5.91 Å². The molecule has 2 fully saturated rings. The van der Waals surface area contributed by atoms with Crippen molar-refractivity contribution in [2.75, 3.05) is 32.7 Å². The molecule has 1 aliphatic carbocycles. The Balaban J connectivity index is 1.89. The number of hydrogen-bond acceptors (Lipinski definition) is 3. The smallest absolute Gasteiger partial charge is 0.216 e. The Kier molecular flexibility index (Phi) is 4.40. The van der Waals surface area contributed by atoms with E-state index in [0.29, 0.717) is 5.54 Å². The third kappa shape index (κ3) is 3.19. The first-order chi connectivity index (χ1) is 8.23. The number of nitrogens with one attached hydrogen (secondary N) is 2. The lowest BCUT2D eigenvalue weighted by Crippen LogP contribution is -2.62. The Morgan fingerprint density at radius 2 is 2.12 bits per heavy atom. The lowest BCUT2D eigenvalue weighted by Gasteiger charge is -2.50. The summed E-state index contributed by atoms with van der Waals surface area (Å²) in [4.78, 5) is 13.5. The molecule has 0 aromatic carbocycles. The Labute approximate surface area is 104 Å². The molecule has 0 aromatic rings. The van der Waals surface area contributed by atoms with Crippen molar-refractivity contribution in [3.05, 3.63) is 0 Å². The number of hydrogen-bond donors (Lipinski definition) is 2. The molecule has 1 saturated carbocycles. The fraction of sp³-hybridized carbons (Fsp3) is 0.923. The Bertz CT molecular complexity index is 253. The number of amides is 1. The highest BCUT2D eigenvalue weighted by atomic mass is 16.1. The maximum Gasteiger partial charge on any atom is 0.216 e. The Morgan fingerprint density at radius 3 is 2.82 bits per heavy atom. The second-order valence-electron chi connectivity index (χ2n) is 5.43. The number of piperazine rings is 1. The van der Waals surface area contributed by atoms with Gasteiger partial charge in [0.25, 0.3) is 0 Å². The van der Waals surface area contributed by atoms with Crippen molar-refractivity contribution < 1.29 is 4.79 Å². The largest absolute Gasteiger partial charge is 0.355 e. The van der Waals surface area contributed by atoms with E-state index >= 15 is 0 Å². The molecule has 0 radical (unpaired) electrons. The molecule has 0 atom stereocenters. The summed E-state index contributed by atoms with van der Waals surface area (Å²) in [6, 6.07) is 0. The van der Waals surface area contributed by atoms with E-state index < -0.39 is 0 Å². The zero-order chi connectivity index (χ0) is 12.1. The van der Waals surface area contributed by atoms with Crippen molar-refractivity contribution in [3.8, 4) is 0 Å². The van der Waals surface area contributed by atoms with Crippen LogP contribution in [0.15, 0.2) is 0 Å². The van der Waals surface area contributed by atoms with Crippen LogP contribution in [0.3, 0.4) is 0 Å². The quantitative estimate of drug-likeness (QED) is 0.763. The van der Waals surface area contributed by atoms with E-state index in [-0.39, 0.29) is 5.91 Å². The van der Waals surface area contributed by atoms with Gasteiger partial charge in [-0.15, -0.1) is 0 Å². The molecule has 1 amide bonds. The minimum absolute atomic E-state index is 0.0813. The number of carbonyl (C=O) groups is 1. The number of nitrogens with zero attached hydrogens (tertiary/aromatic N) is 1. The van der Waals surface area contributed by atoms with Crippen LogP contribution in [0.2, 0.25) is 0 Å². The lowest BCUT2D eigenvalue weighted by molar-refractivity contribution is -0.119. The van der Waals surface area contributed by atoms with Crippen LogP contribution in [0.25, 0.3) is 0 Å². The van der Waals surface area contributed by atoms with E-state index in [1.807, 2.05) is 0 Å². The van der Waals surface area contributed by atoms with Gasteiger partial charge in [0.05, 0.1) is 0 Å². The van der Waals surface area contributed by atoms with Gasteiger partial charge in [0.2, 0.25) is 5.91 Å². The second kappa shape index (κ2) is 5.83. The summed E-state index contributed by atoms with van der Waals surface area (Å²) < 4.78 is 0. The normalized spacial score (nSPS) is 24.8. The second-order valence-corrected chi connectivity index (χ2v) is 5.43. The molecule has 1 spiro atoms. The van der Waals surface area contributed by atoms with Crippen molar-refractivity contribution in [2.24, 2.45) is 0 Å². The zero-order valence-corrected chi connectivity index (χ0v) is 10.9. The first kappa shape index (κ1) is 12.8. The van der Waals surface area contributed by atoms with Crippen molar-refractivity contribution in [3.63, 3.8) is 0 Å². The molecule has 0 bridgehead atoms. The van der Waals surface area contributed by atoms with E-state index in [4.69, 9.17) is 0 Å². The molecular weight excluding hydrogens is 214 g/mol. The van der Waals surface area contributed by atoms with Crippen molar-refractivity contribution in [2.45, 2.75) is 44.6 Å². The van der Waals surface area contributed by atoms with Crippen molar-refractivity contribution in [1.82, 2.24) is 15.5 Å². The van der Waals surface area contributed by atoms with E-state index in [1.54, 1.807) is 6.92 Å². The van der Waals surface area contributed by atoms with Crippen LogP contribution in [0, 0.1) is 0 Å². The van der Waals surface area contributed by atoms with E-state index in [9.17, 15) is 4.79 Å². The van der Waals surface area contributed by atoms with Gasteiger partial charge in [-0.25, -0.2) is 0 Å². The summed E-state index contributed by atoms with van der Waals surface area (Å²) in [5.74, 6) is 0.0813. The molecule has 17 heavy (non-hydrogen) atoms. The van der Waals surface area contributed by atoms with E-state index in [1.165, 1.54) is 32.1 Å². The van der Waals surface area contributed by atoms with Gasteiger partial charge in [-0.3, -0.25) is 9.69 Å². The molecule has 0 unspecified atom stereocenters.